The molecule has 0 bridgehead atoms. The molecule has 0 saturated carbocycles. The number of rotatable bonds is 8. The molecule has 2 aromatic rings. The predicted molar refractivity (Wildman–Crippen MR) is 127 cm³/mol. The van der Waals surface area contributed by atoms with Gasteiger partial charge in [-0.1, -0.05) is 43.7 Å². The van der Waals surface area contributed by atoms with Gasteiger partial charge in [-0.05, 0) is 74.5 Å². The highest BCUT2D eigenvalue weighted by Gasteiger charge is 2.43. The first kappa shape index (κ1) is 23.2. The van der Waals surface area contributed by atoms with Crippen molar-refractivity contribution in [3.05, 3.63) is 65.7 Å². The van der Waals surface area contributed by atoms with Crippen LogP contribution in [0, 0.1) is 5.92 Å². The number of piperidine rings is 1. The van der Waals surface area contributed by atoms with Crippen molar-refractivity contribution in [2.75, 3.05) is 24.6 Å². The van der Waals surface area contributed by atoms with Gasteiger partial charge in [-0.15, -0.1) is 0 Å². The number of anilines is 1. The van der Waals surface area contributed by atoms with Crippen molar-refractivity contribution in [1.82, 2.24) is 4.90 Å². The number of benzene rings is 2. The van der Waals surface area contributed by atoms with E-state index < -0.39 is 6.04 Å². The zero-order valence-corrected chi connectivity index (χ0v) is 19.2. The number of esters is 1. The smallest absolute Gasteiger partial charge is 0.338 e. The molecule has 0 spiro atoms. The van der Waals surface area contributed by atoms with Crippen molar-refractivity contribution in [1.29, 1.82) is 0 Å². The van der Waals surface area contributed by atoms with Gasteiger partial charge in [0.05, 0.1) is 30.3 Å². The molecule has 6 nitrogen and oxygen atoms in total. The Hall–Kier alpha value is -2.99. The molecule has 0 radical (unpaired) electrons. The quantitative estimate of drug-likeness (QED) is 0.343. The van der Waals surface area contributed by atoms with Gasteiger partial charge in [-0.25, -0.2) is 9.69 Å². The minimum Gasteiger partial charge on any atom is -0.462 e. The fourth-order valence-corrected chi connectivity index (χ4v) is 4.73. The minimum atomic E-state index is -0.395. The first-order valence-corrected chi connectivity index (χ1v) is 12.0. The maximum atomic E-state index is 13.2. The molecule has 2 heterocycles. The number of hydrogen-bond acceptors (Lipinski definition) is 5. The Kier molecular flexibility index (Phi) is 7.55. The molecule has 4 rings (SSSR count). The highest BCUT2D eigenvalue weighted by atomic mass is 16.5. The summed E-state index contributed by atoms with van der Waals surface area (Å²) >= 11 is 0. The van der Waals surface area contributed by atoms with Crippen LogP contribution in [0.4, 0.5) is 5.69 Å². The van der Waals surface area contributed by atoms with Crippen molar-refractivity contribution in [3.63, 3.8) is 0 Å². The topological polar surface area (TPSA) is 66.9 Å². The molecule has 0 aromatic heterocycles. The monoisotopic (exact) mass is 448 g/mol. The van der Waals surface area contributed by atoms with Crippen LogP contribution in [0.15, 0.2) is 54.6 Å². The molecule has 2 fully saturated rings. The summed E-state index contributed by atoms with van der Waals surface area (Å²) in [7, 11) is 0. The lowest BCUT2D eigenvalue weighted by Crippen LogP contribution is -2.46. The van der Waals surface area contributed by atoms with E-state index in [0.29, 0.717) is 23.8 Å². The van der Waals surface area contributed by atoms with Crippen molar-refractivity contribution in [2.45, 2.75) is 51.5 Å². The summed E-state index contributed by atoms with van der Waals surface area (Å²) in [6.45, 7) is 4.09. The fourth-order valence-electron chi connectivity index (χ4n) is 4.73. The minimum absolute atomic E-state index is 0.167. The van der Waals surface area contributed by atoms with Crippen LogP contribution in [0.2, 0.25) is 0 Å². The molecule has 2 amide bonds. The summed E-state index contributed by atoms with van der Waals surface area (Å²) in [5.41, 5.74) is 2.29. The molecule has 0 N–H and O–H groups in total. The van der Waals surface area contributed by atoms with Crippen molar-refractivity contribution in [3.8, 4) is 0 Å². The fraction of sp³-hybridized carbons (Fsp3) is 0.444. The van der Waals surface area contributed by atoms with Crippen molar-refractivity contribution >= 4 is 23.5 Å². The van der Waals surface area contributed by atoms with E-state index in [4.69, 9.17) is 4.74 Å². The van der Waals surface area contributed by atoms with Crippen LogP contribution in [-0.2, 0) is 20.7 Å². The molecule has 2 aliphatic heterocycles. The predicted octanol–water partition coefficient (Wildman–Crippen LogP) is 4.23. The van der Waals surface area contributed by atoms with Gasteiger partial charge < -0.3 is 4.74 Å². The lowest BCUT2D eigenvalue weighted by atomic mass is 9.89. The summed E-state index contributed by atoms with van der Waals surface area (Å²) in [6.07, 6.45) is 5.11. The molecule has 174 valence electrons. The number of likely N-dealkylation sites (tertiary alicyclic amines) is 1. The molecule has 2 aromatic carbocycles. The number of nitrogens with zero attached hydrogens (tertiary/aromatic N) is 2. The van der Waals surface area contributed by atoms with Crippen LogP contribution in [0.3, 0.4) is 0 Å². The molecular weight excluding hydrogens is 416 g/mol. The summed E-state index contributed by atoms with van der Waals surface area (Å²) < 4.78 is 5.23. The van der Waals surface area contributed by atoms with E-state index in [1.165, 1.54) is 10.5 Å². The maximum absolute atomic E-state index is 13.2. The molecule has 0 aliphatic carbocycles. The van der Waals surface area contributed by atoms with Crippen LogP contribution < -0.4 is 4.90 Å². The van der Waals surface area contributed by atoms with E-state index in [1.54, 1.807) is 24.3 Å². The second kappa shape index (κ2) is 10.8. The van der Waals surface area contributed by atoms with Gasteiger partial charge in [-0.3, -0.25) is 14.5 Å². The Morgan fingerprint density at radius 2 is 1.70 bits per heavy atom. The third kappa shape index (κ3) is 5.50. The van der Waals surface area contributed by atoms with Crippen LogP contribution >= 0.6 is 0 Å². The first-order chi connectivity index (χ1) is 16.1. The second-order valence-electron chi connectivity index (χ2n) is 8.99. The van der Waals surface area contributed by atoms with Gasteiger partial charge >= 0.3 is 5.97 Å². The summed E-state index contributed by atoms with van der Waals surface area (Å²) in [4.78, 5) is 41.4. The van der Waals surface area contributed by atoms with Crippen LogP contribution in [-0.4, -0.2) is 48.4 Å². The Morgan fingerprint density at radius 3 is 2.36 bits per heavy atom. The average molecular weight is 449 g/mol. The second-order valence-corrected chi connectivity index (χ2v) is 8.99. The zero-order chi connectivity index (χ0) is 23.2. The van der Waals surface area contributed by atoms with E-state index in [9.17, 15) is 14.4 Å². The van der Waals surface area contributed by atoms with Gasteiger partial charge in [0, 0.05) is 0 Å². The van der Waals surface area contributed by atoms with Crippen LogP contribution in [0.5, 0.6) is 0 Å². The maximum Gasteiger partial charge on any atom is 0.338 e. The SMILES string of the molecule is CCCCOC(=O)c1ccc(N2C(=O)C[C@H](N3CCC(Cc4ccccc4)CC3)C2=O)cc1. The summed E-state index contributed by atoms with van der Waals surface area (Å²) in [5, 5.41) is 0. The van der Waals surface area contributed by atoms with Gasteiger partial charge in [-0.2, -0.15) is 0 Å². The van der Waals surface area contributed by atoms with Gasteiger partial charge in [0.1, 0.15) is 0 Å². The first-order valence-electron chi connectivity index (χ1n) is 12.0. The van der Waals surface area contributed by atoms with E-state index in [0.717, 1.165) is 45.2 Å². The summed E-state index contributed by atoms with van der Waals surface area (Å²) in [6, 6.07) is 16.7. The standard InChI is InChI=1S/C27H32N2O4/c1-2-3-17-33-27(32)22-9-11-23(12-10-22)29-25(30)19-24(26(29)31)28-15-13-21(14-16-28)18-20-7-5-4-6-8-20/h4-12,21,24H,2-3,13-19H2,1H3/t24-/m0/s1. The molecule has 2 aliphatic rings. The molecule has 0 unspecified atom stereocenters. The zero-order valence-electron chi connectivity index (χ0n) is 19.2. The van der Waals surface area contributed by atoms with E-state index in [1.807, 2.05) is 13.0 Å². The number of carbonyl (C=O) groups excluding carboxylic acids is 3. The molecule has 6 heteroatoms. The highest BCUT2D eigenvalue weighted by Crippen LogP contribution is 2.30. The normalized spacial score (nSPS) is 19.8. The van der Waals surface area contributed by atoms with Crippen molar-refractivity contribution in [2.24, 2.45) is 5.92 Å². The van der Waals surface area contributed by atoms with Gasteiger partial charge in [0.15, 0.2) is 0 Å². The average Bonchev–Trinajstić information content (AvgIpc) is 3.14. The van der Waals surface area contributed by atoms with Gasteiger partial charge in [0.25, 0.3) is 5.91 Å². The summed E-state index contributed by atoms with van der Waals surface area (Å²) in [5.74, 6) is -0.128. The van der Waals surface area contributed by atoms with Crippen LogP contribution in [0.25, 0.3) is 0 Å². The number of imide groups is 1. The van der Waals surface area contributed by atoms with E-state index >= 15 is 0 Å². The third-order valence-corrected chi connectivity index (χ3v) is 6.67. The largest absolute Gasteiger partial charge is 0.462 e. The number of hydrogen-bond donors (Lipinski definition) is 0. The Bertz CT molecular complexity index is 965. The molecular formula is C27H32N2O4. The number of unbranched alkanes of at least 4 members (excludes halogenated alkanes) is 1. The lowest BCUT2D eigenvalue weighted by Gasteiger charge is -2.34. The highest BCUT2D eigenvalue weighted by molar-refractivity contribution is 6.22. The Labute approximate surface area is 195 Å². The number of amides is 2. The van der Waals surface area contributed by atoms with Crippen molar-refractivity contribution < 1.29 is 19.1 Å². The molecule has 33 heavy (non-hydrogen) atoms. The lowest BCUT2D eigenvalue weighted by molar-refractivity contribution is -0.123. The molecule has 1 atom stereocenters. The number of carbonyl (C=O) groups is 3. The van der Waals surface area contributed by atoms with Gasteiger partial charge in [0.2, 0.25) is 5.91 Å². The van der Waals surface area contributed by atoms with E-state index in [2.05, 4.69) is 29.2 Å². The molecule has 2 saturated heterocycles. The third-order valence-electron chi connectivity index (χ3n) is 6.67. The van der Waals surface area contributed by atoms with Crippen LogP contribution in [0.1, 0.15) is 54.9 Å². The Balaban J connectivity index is 1.34. The van der Waals surface area contributed by atoms with E-state index in [-0.39, 0.29) is 24.2 Å². The number of ether oxygens (including phenoxy) is 1. The Morgan fingerprint density at radius 1 is 1.00 bits per heavy atom.